The molecule has 1 saturated heterocycles. The molecule has 1 fully saturated rings. The van der Waals surface area contributed by atoms with Gasteiger partial charge in [-0.25, -0.2) is 4.98 Å². The van der Waals surface area contributed by atoms with E-state index in [4.69, 9.17) is 0 Å². The van der Waals surface area contributed by atoms with Gasteiger partial charge >= 0.3 is 6.18 Å². The van der Waals surface area contributed by atoms with Gasteiger partial charge in [0.15, 0.2) is 0 Å². The monoisotopic (exact) mass is 494 g/mol. The van der Waals surface area contributed by atoms with Gasteiger partial charge in [0, 0.05) is 37.1 Å². The standard InChI is InChI=1S/C29H33F3N4/c1-20(24-10-7-11-26(16-24)29(30,31)32)28(36(3)15-13-22-18-33-19-22)25-12-14-34-27(17-25)35-21(2)23-8-5-4-6-9-23/h4-12,14,16-17,21-22,33H,13,15,18-19H2,1-3H3,(H,34,35)/b28-20+/t21-/m0/s1. The number of alkyl halides is 3. The van der Waals surface area contributed by atoms with E-state index < -0.39 is 11.7 Å². The summed E-state index contributed by atoms with van der Waals surface area (Å²) in [7, 11) is 2.01. The maximum Gasteiger partial charge on any atom is 0.416 e. The summed E-state index contributed by atoms with van der Waals surface area (Å²) in [6, 6.07) is 19.6. The third-order valence-corrected chi connectivity index (χ3v) is 6.80. The predicted molar refractivity (Wildman–Crippen MR) is 140 cm³/mol. The summed E-state index contributed by atoms with van der Waals surface area (Å²) in [5.74, 6) is 1.35. The van der Waals surface area contributed by atoms with Crippen LogP contribution in [0, 0.1) is 5.92 Å². The highest BCUT2D eigenvalue weighted by atomic mass is 19.4. The Morgan fingerprint density at radius 1 is 1.06 bits per heavy atom. The number of halogens is 3. The molecule has 2 heterocycles. The van der Waals surface area contributed by atoms with Gasteiger partial charge in [-0.15, -0.1) is 0 Å². The van der Waals surface area contributed by atoms with Gasteiger partial charge in [-0.05, 0) is 80.2 Å². The zero-order chi connectivity index (χ0) is 25.7. The van der Waals surface area contributed by atoms with Crippen molar-refractivity contribution >= 4 is 17.1 Å². The first-order valence-electron chi connectivity index (χ1n) is 12.3. The highest BCUT2D eigenvalue weighted by Crippen LogP contribution is 2.34. The molecule has 1 aliphatic heterocycles. The minimum Gasteiger partial charge on any atom is -0.374 e. The van der Waals surface area contributed by atoms with E-state index in [2.05, 4.69) is 39.6 Å². The third-order valence-electron chi connectivity index (χ3n) is 6.80. The Balaban J connectivity index is 1.69. The molecular formula is C29H33F3N4. The Hall–Kier alpha value is -3.32. The molecule has 0 radical (unpaired) electrons. The second-order valence-corrected chi connectivity index (χ2v) is 9.49. The van der Waals surface area contributed by atoms with E-state index in [0.29, 0.717) is 11.5 Å². The molecule has 36 heavy (non-hydrogen) atoms. The zero-order valence-electron chi connectivity index (χ0n) is 20.9. The summed E-state index contributed by atoms with van der Waals surface area (Å²) >= 11 is 0. The quantitative estimate of drug-likeness (QED) is 0.347. The van der Waals surface area contributed by atoms with E-state index in [-0.39, 0.29) is 6.04 Å². The lowest BCUT2D eigenvalue weighted by molar-refractivity contribution is -0.137. The van der Waals surface area contributed by atoms with Gasteiger partial charge in [-0.3, -0.25) is 0 Å². The fraction of sp³-hybridized carbons (Fsp3) is 0.345. The van der Waals surface area contributed by atoms with Crippen LogP contribution in [0.5, 0.6) is 0 Å². The van der Waals surface area contributed by atoms with Crippen molar-refractivity contribution in [2.45, 2.75) is 32.5 Å². The molecule has 1 atom stereocenters. The summed E-state index contributed by atoms with van der Waals surface area (Å²) < 4.78 is 40.3. The van der Waals surface area contributed by atoms with Crippen molar-refractivity contribution in [1.29, 1.82) is 0 Å². The number of benzene rings is 2. The van der Waals surface area contributed by atoms with Crippen LogP contribution in [0.3, 0.4) is 0 Å². The maximum atomic E-state index is 13.4. The molecule has 4 rings (SSSR count). The van der Waals surface area contributed by atoms with Crippen LogP contribution in [0.2, 0.25) is 0 Å². The number of allylic oxidation sites excluding steroid dienone is 1. The fourth-order valence-corrected chi connectivity index (χ4v) is 4.53. The van der Waals surface area contributed by atoms with E-state index in [9.17, 15) is 13.2 Å². The number of rotatable bonds is 9. The molecular weight excluding hydrogens is 461 g/mol. The van der Waals surface area contributed by atoms with Gasteiger partial charge in [0.05, 0.1) is 5.56 Å². The zero-order valence-corrected chi connectivity index (χ0v) is 20.9. The van der Waals surface area contributed by atoms with E-state index >= 15 is 0 Å². The van der Waals surface area contributed by atoms with Gasteiger partial charge in [-0.1, -0.05) is 42.5 Å². The third kappa shape index (κ3) is 6.26. The average Bonchev–Trinajstić information content (AvgIpc) is 2.83. The first-order chi connectivity index (χ1) is 17.2. The molecule has 4 nitrogen and oxygen atoms in total. The molecule has 2 N–H and O–H groups in total. The molecule has 0 saturated carbocycles. The molecule has 1 aromatic heterocycles. The Kier molecular flexibility index (Phi) is 7.99. The van der Waals surface area contributed by atoms with Gasteiger partial charge in [0.25, 0.3) is 0 Å². The van der Waals surface area contributed by atoms with Crippen molar-refractivity contribution < 1.29 is 13.2 Å². The molecule has 190 valence electrons. The fourth-order valence-electron chi connectivity index (χ4n) is 4.53. The molecule has 0 spiro atoms. The highest BCUT2D eigenvalue weighted by Gasteiger charge is 2.30. The van der Waals surface area contributed by atoms with Crippen LogP contribution in [0.25, 0.3) is 11.3 Å². The van der Waals surface area contributed by atoms with Crippen LogP contribution in [0.4, 0.5) is 19.0 Å². The number of nitrogens with one attached hydrogen (secondary N) is 2. The average molecular weight is 495 g/mol. The van der Waals surface area contributed by atoms with Gasteiger partial charge < -0.3 is 15.5 Å². The Morgan fingerprint density at radius 2 is 1.81 bits per heavy atom. The van der Waals surface area contributed by atoms with Crippen molar-refractivity contribution in [1.82, 2.24) is 15.2 Å². The first kappa shape index (κ1) is 25.8. The lowest BCUT2D eigenvalue weighted by Gasteiger charge is -2.31. The second-order valence-electron chi connectivity index (χ2n) is 9.49. The predicted octanol–water partition coefficient (Wildman–Crippen LogP) is 6.70. The molecule has 1 aliphatic rings. The minimum atomic E-state index is -4.39. The normalized spacial score (nSPS) is 15.6. The largest absolute Gasteiger partial charge is 0.416 e. The van der Waals surface area contributed by atoms with Crippen LogP contribution in [0.1, 0.15) is 48.6 Å². The van der Waals surface area contributed by atoms with Crippen molar-refractivity contribution in [2.24, 2.45) is 5.92 Å². The lowest BCUT2D eigenvalue weighted by Crippen LogP contribution is -2.43. The van der Waals surface area contributed by atoms with Crippen LogP contribution >= 0.6 is 0 Å². The summed E-state index contributed by atoms with van der Waals surface area (Å²) in [4.78, 5) is 6.67. The maximum absolute atomic E-state index is 13.4. The topological polar surface area (TPSA) is 40.2 Å². The van der Waals surface area contributed by atoms with E-state index in [1.165, 1.54) is 12.1 Å². The van der Waals surface area contributed by atoms with Crippen LogP contribution in [0.15, 0.2) is 72.9 Å². The Labute approximate surface area is 211 Å². The first-order valence-corrected chi connectivity index (χ1v) is 12.3. The van der Waals surface area contributed by atoms with E-state index in [1.807, 2.05) is 44.3 Å². The SMILES string of the molecule is C/C(=C(/c1ccnc(N[C@@H](C)c2ccccc2)c1)N(C)CCC1CNC1)c1cccc(C(F)(F)F)c1. The van der Waals surface area contributed by atoms with Crippen LogP contribution in [-0.4, -0.2) is 36.6 Å². The number of aromatic nitrogens is 1. The van der Waals surface area contributed by atoms with Crippen molar-refractivity contribution in [3.05, 3.63) is 95.2 Å². The van der Waals surface area contributed by atoms with Gasteiger partial charge in [0.1, 0.15) is 5.82 Å². The summed E-state index contributed by atoms with van der Waals surface area (Å²) in [5.41, 5.74) is 3.67. The molecule has 0 bridgehead atoms. The summed E-state index contributed by atoms with van der Waals surface area (Å²) in [6.45, 7) is 6.81. The molecule has 0 unspecified atom stereocenters. The minimum absolute atomic E-state index is 0.0507. The second kappa shape index (κ2) is 11.2. The molecule has 0 aliphatic carbocycles. The molecule has 3 aromatic rings. The van der Waals surface area contributed by atoms with Crippen molar-refractivity contribution in [3.63, 3.8) is 0 Å². The summed E-state index contributed by atoms with van der Waals surface area (Å²) in [5, 5.41) is 6.76. The van der Waals surface area contributed by atoms with Gasteiger partial charge in [0.2, 0.25) is 0 Å². The van der Waals surface area contributed by atoms with Gasteiger partial charge in [-0.2, -0.15) is 13.2 Å². The van der Waals surface area contributed by atoms with Crippen LogP contribution < -0.4 is 10.6 Å². The number of nitrogens with zero attached hydrogens (tertiary/aromatic N) is 2. The van der Waals surface area contributed by atoms with Crippen molar-refractivity contribution in [3.8, 4) is 0 Å². The Bertz CT molecular complexity index is 1190. The van der Waals surface area contributed by atoms with Crippen LogP contribution in [-0.2, 0) is 6.18 Å². The highest BCUT2D eigenvalue weighted by molar-refractivity contribution is 5.89. The number of pyridine rings is 1. The number of hydrogen-bond acceptors (Lipinski definition) is 4. The molecule has 0 amide bonds. The Morgan fingerprint density at radius 3 is 2.47 bits per heavy atom. The van der Waals surface area contributed by atoms with E-state index in [1.54, 1.807) is 12.3 Å². The molecule has 7 heteroatoms. The number of anilines is 1. The van der Waals surface area contributed by atoms with Crippen molar-refractivity contribution in [2.75, 3.05) is 32.0 Å². The number of hydrogen-bond donors (Lipinski definition) is 2. The smallest absolute Gasteiger partial charge is 0.374 e. The van der Waals surface area contributed by atoms with E-state index in [0.717, 1.165) is 60.3 Å². The molecule has 2 aromatic carbocycles. The summed E-state index contributed by atoms with van der Waals surface area (Å²) in [6.07, 6.45) is -1.62. The lowest BCUT2D eigenvalue weighted by atomic mass is 9.96.